The van der Waals surface area contributed by atoms with Gasteiger partial charge in [0.25, 0.3) is 0 Å². The van der Waals surface area contributed by atoms with Crippen LogP contribution in [0.25, 0.3) is 0 Å². The maximum Gasteiger partial charge on any atom is 0.240 e. The number of allylic oxidation sites excluding steroid dienone is 1. The number of hydrogen-bond acceptors (Lipinski definition) is 3. The second kappa shape index (κ2) is 15.0. The minimum atomic E-state index is -0.0763. The third-order valence-electron chi connectivity index (χ3n) is 4.67. The van der Waals surface area contributed by atoms with Crippen LogP contribution >= 0.6 is 0 Å². The molecule has 0 radical (unpaired) electrons. The van der Waals surface area contributed by atoms with Gasteiger partial charge >= 0.3 is 0 Å². The molecule has 4 nitrogen and oxygen atoms in total. The Morgan fingerprint density at radius 2 is 1.70 bits per heavy atom. The van der Waals surface area contributed by atoms with E-state index in [1.54, 1.807) is 12.1 Å². The first kappa shape index (κ1) is 22.9. The number of carbonyl (C=O) groups excluding carboxylic acids is 1. The Labute approximate surface area is 164 Å². The molecule has 0 saturated carbocycles. The Hall–Kier alpha value is -2.10. The fraction of sp³-hybridized carbons (Fsp3) is 0.565. The van der Waals surface area contributed by atoms with Crippen molar-refractivity contribution >= 4 is 12.1 Å². The molecule has 2 N–H and O–H groups in total. The number of hydrogen-bond donors (Lipinski definition) is 2. The van der Waals surface area contributed by atoms with Crippen LogP contribution in [-0.2, 0) is 11.2 Å². The van der Waals surface area contributed by atoms with Crippen LogP contribution in [0.3, 0.4) is 0 Å². The third-order valence-corrected chi connectivity index (χ3v) is 4.67. The van der Waals surface area contributed by atoms with Crippen LogP contribution in [0.1, 0.15) is 88.7 Å². The molecule has 0 aliphatic heterocycles. The summed E-state index contributed by atoms with van der Waals surface area (Å²) in [5.41, 5.74) is 3.93. The van der Waals surface area contributed by atoms with Crippen molar-refractivity contribution < 1.29 is 9.90 Å². The lowest BCUT2D eigenvalue weighted by molar-refractivity contribution is -0.121. The summed E-state index contributed by atoms with van der Waals surface area (Å²) in [6.45, 7) is 5.92. The van der Waals surface area contributed by atoms with Gasteiger partial charge in [-0.2, -0.15) is 5.10 Å². The number of rotatable bonds is 15. The number of nitrogens with zero attached hydrogens (tertiary/aromatic N) is 1. The van der Waals surface area contributed by atoms with Gasteiger partial charge in [0.15, 0.2) is 0 Å². The van der Waals surface area contributed by atoms with Gasteiger partial charge in [-0.25, -0.2) is 5.43 Å². The summed E-state index contributed by atoms with van der Waals surface area (Å²) in [5, 5.41) is 14.1. The molecule has 0 heterocycles. The minimum Gasteiger partial charge on any atom is -0.507 e. The van der Waals surface area contributed by atoms with Crippen molar-refractivity contribution in [3.8, 4) is 5.75 Å². The average molecular weight is 373 g/mol. The van der Waals surface area contributed by atoms with Crippen molar-refractivity contribution in [3.05, 3.63) is 42.0 Å². The number of amides is 1. The van der Waals surface area contributed by atoms with E-state index in [4.69, 9.17) is 0 Å². The van der Waals surface area contributed by atoms with Gasteiger partial charge < -0.3 is 5.11 Å². The van der Waals surface area contributed by atoms with E-state index in [0.717, 1.165) is 18.4 Å². The summed E-state index contributed by atoms with van der Waals surface area (Å²) >= 11 is 0. The highest BCUT2D eigenvalue weighted by Crippen LogP contribution is 2.21. The zero-order valence-corrected chi connectivity index (χ0v) is 16.9. The van der Waals surface area contributed by atoms with Gasteiger partial charge in [-0.1, -0.05) is 82.9 Å². The Kier molecular flexibility index (Phi) is 12.7. The second-order valence-corrected chi connectivity index (χ2v) is 7.07. The van der Waals surface area contributed by atoms with Gasteiger partial charge in [0, 0.05) is 12.0 Å². The monoisotopic (exact) mass is 372 g/mol. The second-order valence-electron chi connectivity index (χ2n) is 7.07. The van der Waals surface area contributed by atoms with E-state index in [2.05, 4.69) is 24.0 Å². The molecular weight excluding hydrogens is 336 g/mol. The molecule has 1 aromatic rings. The van der Waals surface area contributed by atoms with Gasteiger partial charge in [0.2, 0.25) is 5.91 Å². The SMILES string of the molecule is C=CCc1cccc(C=NNC(=O)CCCCCCCCCCCC)c1O. The van der Waals surface area contributed by atoms with Crippen LogP contribution in [0, 0.1) is 0 Å². The van der Waals surface area contributed by atoms with E-state index in [1.165, 1.54) is 57.6 Å². The first-order chi connectivity index (χ1) is 13.2. The lowest BCUT2D eigenvalue weighted by Crippen LogP contribution is -2.16. The van der Waals surface area contributed by atoms with E-state index in [9.17, 15) is 9.90 Å². The van der Waals surface area contributed by atoms with Gasteiger partial charge in [0.1, 0.15) is 5.75 Å². The molecule has 0 aliphatic carbocycles. The molecule has 1 rings (SSSR count). The predicted octanol–water partition coefficient (Wildman–Crippen LogP) is 5.88. The molecular formula is C23H36N2O2. The molecule has 0 spiro atoms. The molecule has 0 bridgehead atoms. The molecule has 0 saturated heterocycles. The van der Waals surface area contributed by atoms with E-state index in [-0.39, 0.29) is 11.7 Å². The number of phenols is 1. The number of carbonyl (C=O) groups is 1. The summed E-state index contributed by atoms with van der Waals surface area (Å²) in [7, 11) is 0. The topological polar surface area (TPSA) is 61.7 Å². The lowest BCUT2D eigenvalue weighted by atomic mass is 10.1. The van der Waals surface area contributed by atoms with E-state index < -0.39 is 0 Å². The standard InChI is InChI=1S/C23H36N2O2/c1-3-5-6-7-8-9-10-11-12-13-18-22(26)25-24-19-21-17-14-16-20(15-4-2)23(21)27/h4,14,16-17,19,27H,2-3,5-13,15,18H2,1H3,(H,25,26). The quantitative estimate of drug-likeness (QED) is 0.175. The number of nitrogens with one attached hydrogen (secondary N) is 1. The molecule has 0 atom stereocenters. The highest BCUT2D eigenvalue weighted by molar-refractivity contribution is 5.85. The lowest BCUT2D eigenvalue weighted by Gasteiger charge is -2.05. The minimum absolute atomic E-state index is 0.0763. The zero-order chi connectivity index (χ0) is 19.7. The number of para-hydroxylation sites is 1. The van der Waals surface area contributed by atoms with Gasteiger partial charge in [-0.15, -0.1) is 6.58 Å². The van der Waals surface area contributed by atoms with Gasteiger partial charge in [0.05, 0.1) is 6.21 Å². The van der Waals surface area contributed by atoms with Crippen molar-refractivity contribution in [1.29, 1.82) is 0 Å². The first-order valence-electron chi connectivity index (χ1n) is 10.4. The van der Waals surface area contributed by atoms with Crippen LogP contribution in [0.2, 0.25) is 0 Å². The van der Waals surface area contributed by atoms with E-state index in [0.29, 0.717) is 18.4 Å². The van der Waals surface area contributed by atoms with Crippen molar-refractivity contribution in [1.82, 2.24) is 5.43 Å². The summed E-state index contributed by atoms with van der Waals surface area (Å²) in [4.78, 5) is 11.8. The number of unbranched alkanes of at least 4 members (excludes halogenated alkanes) is 9. The molecule has 150 valence electrons. The molecule has 0 aromatic heterocycles. The number of benzene rings is 1. The van der Waals surface area contributed by atoms with E-state index in [1.807, 2.05) is 12.1 Å². The van der Waals surface area contributed by atoms with Crippen molar-refractivity contribution in [3.63, 3.8) is 0 Å². The Balaban J connectivity index is 2.13. The maximum absolute atomic E-state index is 11.8. The Bertz CT molecular complexity index is 582. The summed E-state index contributed by atoms with van der Waals surface area (Å²) in [6.07, 6.45) is 16.8. The zero-order valence-electron chi connectivity index (χ0n) is 16.9. The van der Waals surface area contributed by atoms with Gasteiger partial charge in [-0.3, -0.25) is 4.79 Å². The average Bonchev–Trinajstić information content (AvgIpc) is 2.66. The largest absolute Gasteiger partial charge is 0.507 e. The van der Waals surface area contributed by atoms with Crippen molar-refractivity contribution in [2.75, 3.05) is 0 Å². The van der Waals surface area contributed by atoms with Crippen LogP contribution in [-0.4, -0.2) is 17.2 Å². The number of phenolic OH excluding ortho intramolecular Hbond substituents is 1. The summed E-state index contributed by atoms with van der Waals surface area (Å²) < 4.78 is 0. The normalized spacial score (nSPS) is 11.0. The fourth-order valence-electron chi connectivity index (χ4n) is 3.04. The Morgan fingerprint density at radius 1 is 1.07 bits per heavy atom. The maximum atomic E-state index is 11.8. The van der Waals surface area contributed by atoms with Crippen molar-refractivity contribution in [2.24, 2.45) is 5.10 Å². The molecule has 27 heavy (non-hydrogen) atoms. The van der Waals surface area contributed by atoms with Crippen LogP contribution < -0.4 is 5.43 Å². The predicted molar refractivity (Wildman–Crippen MR) is 114 cm³/mol. The van der Waals surface area contributed by atoms with Crippen LogP contribution in [0.15, 0.2) is 36.0 Å². The smallest absolute Gasteiger partial charge is 0.240 e. The summed E-state index contributed by atoms with van der Waals surface area (Å²) in [6, 6.07) is 5.46. The highest BCUT2D eigenvalue weighted by atomic mass is 16.3. The third kappa shape index (κ3) is 10.6. The molecule has 1 amide bonds. The molecule has 1 aromatic carbocycles. The fourth-order valence-corrected chi connectivity index (χ4v) is 3.04. The summed E-state index contributed by atoms with van der Waals surface area (Å²) in [5.74, 6) is 0.109. The molecule has 4 heteroatoms. The number of hydrazone groups is 1. The first-order valence-corrected chi connectivity index (χ1v) is 10.4. The molecule has 0 aliphatic rings. The number of aromatic hydroxyl groups is 1. The Morgan fingerprint density at radius 3 is 2.33 bits per heavy atom. The van der Waals surface area contributed by atoms with E-state index >= 15 is 0 Å². The molecule has 0 fully saturated rings. The van der Waals surface area contributed by atoms with Crippen LogP contribution in [0.5, 0.6) is 5.75 Å². The van der Waals surface area contributed by atoms with Gasteiger partial charge in [-0.05, 0) is 24.5 Å². The van der Waals surface area contributed by atoms with Crippen LogP contribution in [0.4, 0.5) is 0 Å². The highest BCUT2D eigenvalue weighted by Gasteiger charge is 2.04. The molecule has 0 unspecified atom stereocenters. The van der Waals surface area contributed by atoms with Crippen molar-refractivity contribution in [2.45, 2.75) is 84.0 Å².